The van der Waals surface area contributed by atoms with Crippen LogP contribution in [0.1, 0.15) is 29.5 Å². The third kappa shape index (κ3) is 4.02. The first-order chi connectivity index (χ1) is 9.06. The van der Waals surface area contributed by atoms with Crippen LogP contribution in [0.4, 0.5) is 4.39 Å². The Hall–Kier alpha value is -0.930. The van der Waals surface area contributed by atoms with Crippen molar-refractivity contribution >= 4 is 0 Å². The van der Waals surface area contributed by atoms with E-state index in [0.717, 1.165) is 30.1 Å². The fraction of sp³-hybridized carbons (Fsp3) is 0.625. The smallest absolute Gasteiger partial charge is 0.129 e. The van der Waals surface area contributed by atoms with Crippen LogP contribution in [0.5, 0.6) is 0 Å². The summed E-state index contributed by atoms with van der Waals surface area (Å²) in [5, 5.41) is 3.52. The van der Waals surface area contributed by atoms with Gasteiger partial charge in [0.25, 0.3) is 0 Å². The average molecular weight is 264 g/mol. The quantitative estimate of drug-likeness (QED) is 0.899. The molecule has 106 valence electrons. The van der Waals surface area contributed by atoms with Gasteiger partial charge < -0.3 is 10.2 Å². The van der Waals surface area contributed by atoms with Gasteiger partial charge in [0.05, 0.1) is 0 Å². The lowest BCUT2D eigenvalue weighted by Gasteiger charge is -2.29. The lowest BCUT2D eigenvalue weighted by molar-refractivity contribution is 0.206. The number of benzene rings is 1. The van der Waals surface area contributed by atoms with Gasteiger partial charge in [-0.1, -0.05) is 12.1 Å². The van der Waals surface area contributed by atoms with Crippen LogP contribution < -0.4 is 5.32 Å². The number of piperidine rings is 1. The molecule has 0 aromatic heterocycles. The van der Waals surface area contributed by atoms with Crippen LogP contribution in [0, 0.1) is 25.6 Å². The molecule has 1 aromatic carbocycles. The largest absolute Gasteiger partial charge is 0.312 e. The molecule has 3 heteroatoms. The highest BCUT2D eigenvalue weighted by Crippen LogP contribution is 2.16. The van der Waals surface area contributed by atoms with E-state index in [2.05, 4.69) is 17.3 Å². The Bertz CT molecular complexity index is 408. The van der Waals surface area contributed by atoms with E-state index in [0.29, 0.717) is 0 Å². The summed E-state index contributed by atoms with van der Waals surface area (Å²) in [4.78, 5) is 2.40. The summed E-state index contributed by atoms with van der Waals surface area (Å²) in [5.41, 5.74) is 2.67. The molecule has 1 saturated heterocycles. The molecule has 2 rings (SSSR count). The summed E-state index contributed by atoms with van der Waals surface area (Å²) in [6.45, 7) is 7.98. The Morgan fingerprint density at radius 1 is 1.32 bits per heavy atom. The molecule has 1 N–H and O–H groups in total. The molecule has 0 spiro atoms. The summed E-state index contributed by atoms with van der Waals surface area (Å²) < 4.78 is 13.5. The monoisotopic (exact) mass is 264 g/mol. The first-order valence-corrected chi connectivity index (χ1v) is 7.21. The van der Waals surface area contributed by atoms with Crippen LogP contribution >= 0.6 is 0 Å². The minimum Gasteiger partial charge on any atom is -0.312 e. The Balaban J connectivity index is 1.82. The number of nitrogens with zero attached hydrogens (tertiary/aromatic N) is 1. The molecule has 1 unspecified atom stereocenters. The molecule has 19 heavy (non-hydrogen) atoms. The van der Waals surface area contributed by atoms with Gasteiger partial charge >= 0.3 is 0 Å². The number of hydrogen-bond donors (Lipinski definition) is 1. The summed E-state index contributed by atoms with van der Waals surface area (Å²) >= 11 is 0. The predicted octanol–water partition coefficient (Wildman–Crippen LogP) is 2.87. The highest BCUT2D eigenvalue weighted by atomic mass is 19.1. The number of halogens is 1. The highest BCUT2D eigenvalue weighted by Gasteiger charge is 2.16. The maximum atomic E-state index is 13.5. The van der Waals surface area contributed by atoms with Crippen molar-refractivity contribution in [3.63, 3.8) is 0 Å². The van der Waals surface area contributed by atoms with Gasteiger partial charge in [-0.25, -0.2) is 4.39 Å². The van der Waals surface area contributed by atoms with E-state index in [1.807, 2.05) is 26.0 Å². The van der Waals surface area contributed by atoms with Crippen LogP contribution in [-0.2, 0) is 6.54 Å². The number of hydrogen-bond acceptors (Lipinski definition) is 2. The zero-order valence-corrected chi connectivity index (χ0v) is 12.3. The van der Waals surface area contributed by atoms with Crippen LogP contribution in [-0.4, -0.2) is 31.6 Å². The zero-order chi connectivity index (χ0) is 13.8. The standard InChI is InChI=1S/C16H25FN2/c1-12-7-15(8-13(2)16(12)17)10-18-9-14-5-4-6-19(3)11-14/h7-8,14,18H,4-6,9-11H2,1-3H3. The van der Waals surface area contributed by atoms with Crippen LogP contribution in [0.15, 0.2) is 12.1 Å². The van der Waals surface area contributed by atoms with Crippen molar-refractivity contribution in [2.75, 3.05) is 26.7 Å². The molecular formula is C16H25FN2. The van der Waals surface area contributed by atoms with E-state index in [4.69, 9.17) is 0 Å². The number of nitrogens with one attached hydrogen (secondary N) is 1. The van der Waals surface area contributed by atoms with Crippen LogP contribution in [0.2, 0.25) is 0 Å². The minimum atomic E-state index is -0.0716. The number of rotatable bonds is 4. The third-order valence-electron chi connectivity index (χ3n) is 3.98. The summed E-state index contributed by atoms with van der Waals surface area (Å²) in [7, 11) is 2.19. The maximum Gasteiger partial charge on any atom is 0.129 e. The van der Waals surface area contributed by atoms with Crippen molar-refractivity contribution < 1.29 is 4.39 Å². The summed E-state index contributed by atoms with van der Waals surface area (Å²) in [5.74, 6) is 0.680. The lowest BCUT2D eigenvalue weighted by Crippen LogP contribution is -2.37. The Kier molecular flexibility index (Phi) is 4.94. The van der Waals surface area contributed by atoms with Gasteiger partial charge in [0, 0.05) is 13.1 Å². The molecular weight excluding hydrogens is 239 g/mol. The Labute approximate surface area is 116 Å². The van der Waals surface area contributed by atoms with E-state index in [-0.39, 0.29) is 5.82 Å². The van der Waals surface area contributed by atoms with Crippen molar-refractivity contribution in [3.8, 4) is 0 Å². The maximum absolute atomic E-state index is 13.5. The molecule has 1 heterocycles. The Morgan fingerprint density at radius 2 is 2.00 bits per heavy atom. The van der Waals surface area contributed by atoms with Gasteiger partial charge in [0.15, 0.2) is 0 Å². The molecule has 0 aliphatic carbocycles. The molecule has 0 radical (unpaired) electrons. The van der Waals surface area contributed by atoms with Crippen molar-refractivity contribution in [1.29, 1.82) is 0 Å². The first-order valence-electron chi connectivity index (χ1n) is 7.21. The summed E-state index contributed by atoms with van der Waals surface area (Å²) in [6.07, 6.45) is 2.62. The second-order valence-corrected chi connectivity index (χ2v) is 5.94. The van der Waals surface area contributed by atoms with Gasteiger partial charge in [0.1, 0.15) is 5.82 Å². The molecule has 2 nitrogen and oxygen atoms in total. The molecule has 1 fully saturated rings. The van der Waals surface area contributed by atoms with E-state index in [1.165, 1.54) is 31.5 Å². The van der Waals surface area contributed by atoms with Gasteiger partial charge in [-0.2, -0.15) is 0 Å². The third-order valence-corrected chi connectivity index (χ3v) is 3.98. The predicted molar refractivity (Wildman–Crippen MR) is 77.8 cm³/mol. The molecule has 0 saturated carbocycles. The molecule has 1 aliphatic rings. The fourth-order valence-electron chi connectivity index (χ4n) is 3.00. The minimum absolute atomic E-state index is 0.0716. The Morgan fingerprint density at radius 3 is 2.63 bits per heavy atom. The number of likely N-dealkylation sites (tertiary alicyclic amines) is 1. The molecule has 0 bridgehead atoms. The first kappa shape index (κ1) is 14.5. The van der Waals surface area contributed by atoms with Crippen molar-refractivity contribution in [1.82, 2.24) is 10.2 Å². The van der Waals surface area contributed by atoms with E-state index < -0.39 is 0 Å². The van der Waals surface area contributed by atoms with Gasteiger partial charge in [-0.15, -0.1) is 0 Å². The molecule has 0 amide bonds. The van der Waals surface area contributed by atoms with Gasteiger partial charge in [-0.3, -0.25) is 0 Å². The second kappa shape index (κ2) is 6.49. The molecule has 1 aromatic rings. The molecule has 1 atom stereocenters. The highest BCUT2D eigenvalue weighted by molar-refractivity contribution is 5.30. The van der Waals surface area contributed by atoms with E-state index >= 15 is 0 Å². The van der Waals surface area contributed by atoms with Crippen LogP contribution in [0.3, 0.4) is 0 Å². The van der Waals surface area contributed by atoms with Gasteiger partial charge in [0.2, 0.25) is 0 Å². The van der Waals surface area contributed by atoms with Crippen molar-refractivity contribution in [2.24, 2.45) is 5.92 Å². The van der Waals surface area contributed by atoms with Crippen molar-refractivity contribution in [2.45, 2.75) is 33.2 Å². The van der Waals surface area contributed by atoms with E-state index in [9.17, 15) is 4.39 Å². The van der Waals surface area contributed by atoms with E-state index in [1.54, 1.807) is 0 Å². The summed E-state index contributed by atoms with van der Waals surface area (Å²) in [6, 6.07) is 3.89. The SMILES string of the molecule is Cc1cc(CNCC2CCCN(C)C2)cc(C)c1F. The average Bonchev–Trinajstić information content (AvgIpc) is 2.36. The number of aryl methyl sites for hydroxylation is 2. The van der Waals surface area contributed by atoms with Crippen LogP contribution in [0.25, 0.3) is 0 Å². The van der Waals surface area contributed by atoms with Gasteiger partial charge in [-0.05, 0) is 69.4 Å². The van der Waals surface area contributed by atoms with Crippen molar-refractivity contribution in [3.05, 3.63) is 34.6 Å². The second-order valence-electron chi connectivity index (χ2n) is 5.94. The fourth-order valence-corrected chi connectivity index (χ4v) is 3.00. The molecule has 1 aliphatic heterocycles. The lowest BCUT2D eigenvalue weighted by atomic mass is 9.98. The zero-order valence-electron chi connectivity index (χ0n) is 12.3. The topological polar surface area (TPSA) is 15.3 Å². The normalized spacial score (nSPS) is 20.7.